The molecule has 0 spiro atoms. The number of nitrogens with one attached hydrogen (secondary N) is 1. The van der Waals surface area contributed by atoms with Gasteiger partial charge in [-0.05, 0) is 30.7 Å². The molecule has 0 radical (unpaired) electrons. The number of carbonyl (C=O) groups is 1. The van der Waals surface area contributed by atoms with Crippen LogP contribution in [0.5, 0.6) is 0 Å². The van der Waals surface area contributed by atoms with Gasteiger partial charge < -0.3 is 5.32 Å². The summed E-state index contributed by atoms with van der Waals surface area (Å²) in [5, 5.41) is 2.81. The van der Waals surface area contributed by atoms with E-state index in [2.05, 4.69) is 11.2 Å². The average Bonchev–Trinajstić information content (AvgIpc) is 2.37. The van der Waals surface area contributed by atoms with Crippen molar-refractivity contribution in [2.75, 3.05) is 6.26 Å². The van der Waals surface area contributed by atoms with E-state index in [9.17, 15) is 13.2 Å². The van der Waals surface area contributed by atoms with Crippen LogP contribution < -0.4 is 5.32 Å². The van der Waals surface area contributed by atoms with E-state index in [1.807, 2.05) is 6.92 Å². The van der Waals surface area contributed by atoms with Crippen molar-refractivity contribution in [1.82, 2.24) is 5.32 Å². The molecule has 0 fully saturated rings. The summed E-state index contributed by atoms with van der Waals surface area (Å²) in [6.45, 7) is 1.94. The zero-order valence-corrected chi connectivity index (χ0v) is 11.8. The Hall–Kier alpha value is -1.80. The first-order valence-corrected chi connectivity index (χ1v) is 7.82. The second-order valence-electron chi connectivity index (χ2n) is 4.28. The van der Waals surface area contributed by atoms with Gasteiger partial charge in [0.05, 0.1) is 4.90 Å². The second kappa shape index (κ2) is 6.39. The van der Waals surface area contributed by atoms with E-state index >= 15 is 0 Å². The fourth-order valence-corrected chi connectivity index (χ4v) is 2.19. The number of hydrogen-bond donors (Lipinski definition) is 1. The molecule has 19 heavy (non-hydrogen) atoms. The molecule has 1 N–H and O–H groups in total. The summed E-state index contributed by atoms with van der Waals surface area (Å²) in [6.07, 6.45) is 7.57. The van der Waals surface area contributed by atoms with Crippen molar-refractivity contribution in [2.24, 2.45) is 0 Å². The van der Waals surface area contributed by atoms with E-state index in [0.717, 1.165) is 12.7 Å². The second-order valence-corrected chi connectivity index (χ2v) is 6.30. The number of terminal acetylenes is 1. The predicted octanol–water partition coefficient (Wildman–Crippen LogP) is 1.62. The van der Waals surface area contributed by atoms with Gasteiger partial charge in [0, 0.05) is 24.3 Å². The first-order valence-electron chi connectivity index (χ1n) is 5.93. The molecule has 4 nitrogen and oxygen atoms in total. The summed E-state index contributed by atoms with van der Waals surface area (Å²) in [6, 6.07) is 5.77. The van der Waals surface area contributed by atoms with Gasteiger partial charge in [-0.1, -0.05) is 6.92 Å². The highest BCUT2D eigenvalue weighted by molar-refractivity contribution is 7.90. The van der Waals surface area contributed by atoms with Crippen LogP contribution in [0.1, 0.15) is 30.1 Å². The van der Waals surface area contributed by atoms with Crippen LogP contribution in [0, 0.1) is 12.3 Å². The van der Waals surface area contributed by atoms with E-state index < -0.39 is 9.84 Å². The van der Waals surface area contributed by atoms with E-state index in [1.54, 1.807) is 0 Å². The molecule has 0 bridgehead atoms. The Morgan fingerprint density at radius 2 is 1.95 bits per heavy atom. The Bertz CT molecular complexity index is 582. The summed E-state index contributed by atoms with van der Waals surface area (Å²) in [7, 11) is -3.24. The van der Waals surface area contributed by atoms with Crippen LogP contribution in [0.2, 0.25) is 0 Å². The zero-order chi connectivity index (χ0) is 14.5. The molecule has 1 rings (SSSR count). The van der Waals surface area contributed by atoms with Gasteiger partial charge in [0.1, 0.15) is 0 Å². The Morgan fingerprint density at radius 1 is 1.37 bits per heavy atom. The monoisotopic (exact) mass is 279 g/mol. The molecule has 102 valence electrons. The molecule has 0 aliphatic carbocycles. The topological polar surface area (TPSA) is 63.2 Å². The number of sulfone groups is 1. The molecule has 1 amide bonds. The molecule has 0 heterocycles. The predicted molar refractivity (Wildman–Crippen MR) is 74.5 cm³/mol. The summed E-state index contributed by atoms with van der Waals surface area (Å²) in [5.74, 6) is 2.26. The van der Waals surface area contributed by atoms with Crippen molar-refractivity contribution in [2.45, 2.75) is 30.7 Å². The van der Waals surface area contributed by atoms with Gasteiger partial charge >= 0.3 is 0 Å². The van der Waals surface area contributed by atoms with Crippen LogP contribution >= 0.6 is 0 Å². The third-order valence-electron chi connectivity index (χ3n) is 2.74. The maximum absolute atomic E-state index is 11.9. The van der Waals surface area contributed by atoms with Crippen LogP contribution in [-0.4, -0.2) is 26.6 Å². The summed E-state index contributed by atoms with van der Waals surface area (Å²) in [4.78, 5) is 12.1. The Morgan fingerprint density at radius 3 is 2.37 bits per heavy atom. The van der Waals surface area contributed by atoms with Crippen molar-refractivity contribution < 1.29 is 13.2 Å². The van der Waals surface area contributed by atoms with Crippen molar-refractivity contribution in [1.29, 1.82) is 0 Å². The smallest absolute Gasteiger partial charge is 0.251 e. The molecule has 1 atom stereocenters. The third-order valence-corrected chi connectivity index (χ3v) is 3.87. The van der Waals surface area contributed by atoms with Gasteiger partial charge in [0.2, 0.25) is 0 Å². The number of rotatable bonds is 5. The van der Waals surface area contributed by atoms with E-state index in [4.69, 9.17) is 6.42 Å². The lowest BCUT2D eigenvalue weighted by Crippen LogP contribution is -2.34. The van der Waals surface area contributed by atoms with Crippen molar-refractivity contribution in [3.63, 3.8) is 0 Å². The van der Waals surface area contributed by atoms with Crippen LogP contribution in [0.4, 0.5) is 0 Å². The minimum Gasteiger partial charge on any atom is -0.348 e. The Balaban J connectivity index is 2.82. The lowest BCUT2D eigenvalue weighted by atomic mass is 10.1. The van der Waals surface area contributed by atoms with Crippen LogP contribution in [0.25, 0.3) is 0 Å². The molecular formula is C14H17NO3S. The lowest BCUT2D eigenvalue weighted by molar-refractivity contribution is 0.0936. The maximum atomic E-state index is 11.9. The maximum Gasteiger partial charge on any atom is 0.251 e. The van der Waals surface area contributed by atoms with Crippen LogP contribution in [-0.2, 0) is 9.84 Å². The fourth-order valence-electron chi connectivity index (χ4n) is 1.56. The molecule has 5 heteroatoms. The van der Waals surface area contributed by atoms with E-state index in [1.165, 1.54) is 24.3 Å². The van der Waals surface area contributed by atoms with Gasteiger partial charge in [-0.25, -0.2) is 8.42 Å². The van der Waals surface area contributed by atoms with Gasteiger partial charge in [-0.2, -0.15) is 0 Å². The first kappa shape index (κ1) is 15.3. The highest BCUT2D eigenvalue weighted by Gasteiger charge is 2.12. The first-order chi connectivity index (χ1) is 8.88. The molecule has 1 unspecified atom stereocenters. The molecular weight excluding hydrogens is 262 g/mol. The van der Waals surface area contributed by atoms with E-state index in [0.29, 0.717) is 12.0 Å². The highest BCUT2D eigenvalue weighted by Crippen LogP contribution is 2.10. The zero-order valence-electron chi connectivity index (χ0n) is 11.0. The fraction of sp³-hybridized carbons (Fsp3) is 0.357. The Kier molecular flexibility index (Phi) is 5.13. The van der Waals surface area contributed by atoms with E-state index in [-0.39, 0.29) is 16.8 Å². The molecule has 0 saturated carbocycles. The largest absolute Gasteiger partial charge is 0.348 e. The third kappa shape index (κ3) is 4.42. The molecule has 0 aromatic heterocycles. The van der Waals surface area contributed by atoms with Gasteiger partial charge in [-0.15, -0.1) is 12.3 Å². The Labute approximate surface area is 114 Å². The average molecular weight is 279 g/mol. The molecule has 0 aliphatic rings. The number of hydrogen-bond acceptors (Lipinski definition) is 3. The normalized spacial score (nSPS) is 12.5. The summed E-state index contributed by atoms with van der Waals surface area (Å²) in [5.41, 5.74) is 0.419. The molecule has 0 aliphatic heterocycles. The SMILES string of the molecule is C#CCC(CC)NC(=O)c1ccc(S(C)(=O)=O)cc1. The minimum atomic E-state index is -3.24. The quantitative estimate of drug-likeness (QED) is 0.833. The summed E-state index contributed by atoms with van der Waals surface area (Å²) < 4.78 is 22.6. The molecule has 1 aromatic rings. The van der Waals surface area contributed by atoms with Gasteiger partial charge in [0.15, 0.2) is 9.84 Å². The summed E-state index contributed by atoms with van der Waals surface area (Å²) >= 11 is 0. The molecule has 0 saturated heterocycles. The van der Waals surface area contributed by atoms with Gasteiger partial charge in [-0.3, -0.25) is 4.79 Å². The van der Waals surface area contributed by atoms with Crippen molar-refractivity contribution in [3.8, 4) is 12.3 Å². The number of amides is 1. The van der Waals surface area contributed by atoms with Crippen molar-refractivity contribution in [3.05, 3.63) is 29.8 Å². The van der Waals surface area contributed by atoms with Gasteiger partial charge in [0.25, 0.3) is 5.91 Å². The van der Waals surface area contributed by atoms with Crippen LogP contribution in [0.3, 0.4) is 0 Å². The number of benzene rings is 1. The highest BCUT2D eigenvalue weighted by atomic mass is 32.2. The molecule has 1 aromatic carbocycles. The standard InChI is InChI=1S/C14H17NO3S/c1-4-6-12(5-2)15-14(16)11-7-9-13(10-8-11)19(3,17)18/h1,7-10,12H,5-6H2,2-3H3,(H,15,16). The lowest BCUT2D eigenvalue weighted by Gasteiger charge is -2.14. The minimum absolute atomic E-state index is 0.0629. The van der Waals surface area contributed by atoms with Crippen molar-refractivity contribution >= 4 is 15.7 Å². The number of carbonyl (C=O) groups excluding carboxylic acids is 1. The van der Waals surface area contributed by atoms with Crippen LogP contribution in [0.15, 0.2) is 29.2 Å².